The van der Waals surface area contributed by atoms with E-state index in [4.69, 9.17) is 5.73 Å². The molecule has 0 unspecified atom stereocenters. The number of hydrogen-bond donors (Lipinski definition) is 1. The van der Waals surface area contributed by atoms with Crippen molar-refractivity contribution in [2.75, 3.05) is 6.54 Å². The Balaban J connectivity index is 2.55. The van der Waals surface area contributed by atoms with Crippen molar-refractivity contribution in [2.45, 2.75) is 6.42 Å². The molecule has 0 bridgehead atoms. The second kappa shape index (κ2) is 6.24. The van der Waals surface area contributed by atoms with Gasteiger partial charge in [0, 0.05) is 5.56 Å². The predicted octanol–water partition coefficient (Wildman–Crippen LogP) is 3.46. The normalized spacial score (nSPS) is 10.6. The van der Waals surface area contributed by atoms with E-state index in [0.717, 1.165) is 6.07 Å². The molecule has 0 heterocycles. The number of carbonyl (C=O) groups is 1. The van der Waals surface area contributed by atoms with Crippen LogP contribution in [0.1, 0.15) is 21.5 Å². The Labute approximate surface area is 123 Å². The van der Waals surface area contributed by atoms with E-state index in [1.807, 2.05) is 0 Å². The third-order valence-corrected chi connectivity index (χ3v) is 3.56. The largest absolute Gasteiger partial charge is 0.330 e. The zero-order chi connectivity index (χ0) is 14.7. The molecule has 2 rings (SSSR count). The number of nitrogens with two attached hydrogens (primary N) is 1. The van der Waals surface area contributed by atoms with Crippen LogP contribution in [-0.2, 0) is 6.42 Å². The van der Waals surface area contributed by atoms with Crippen molar-refractivity contribution in [1.82, 2.24) is 0 Å². The quantitative estimate of drug-likeness (QED) is 0.684. The molecule has 0 saturated heterocycles. The number of hydrogen-bond acceptors (Lipinski definition) is 2. The fourth-order valence-electron chi connectivity index (χ4n) is 1.99. The Morgan fingerprint density at radius 2 is 1.85 bits per heavy atom. The van der Waals surface area contributed by atoms with Gasteiger partial charge >= 0.3 is 0 Å². The van der Waals surface area contributed by atoms with Gasteiger partial charge in [-0.3, -0.25) is 4.79 Å². The van der Waals surface area contributed by atoms with E-state index in [1.165, 1.54) is 6.07 Å². The molecule has 0 aliphatic heterocycles. The molecule has 0 saturated carbocycles. The summed E-state index contributed by atoms with van der Waals surface area (Å²) >= 11 is 2.96. The van der Waals surface area contributed by atoms with Gasteiger partial charge in [0.1, 0.15) is 5.82 Å². The highest BCUT2D eigenvalue weighted by atomic mass is 79.9. The van der Waals surface area contributed by atoms with Gasteiger partial charge in [0.2, 0.25) is 0 Å². The summed E-state index contributed by atoms with van der Waals surface area (Å²) < 4.78 is 27.8. The van der Waals surface area contributed by atoms with Gasteiger partial charge in [-0.05, 0) is 46.6 Å². The summed E-state index contributed by atoms with van der Waals surface area (Å²) in [7, 11) is 0. The molecule has 0 fully saturated rings. The lowest BCUT2D eigenvalue weighted by Gasteiger charge is -2.10. The van der Waals surface area contributed by atoms with Crippen molar-refractivity contribution in [2.24, 2.45) is 5.73 Å². The van der Waals surface area contributed by atoms with Crippen molar-refractivity contribution in [1.29, 1.82) is 0 Å². The highest BCUT2D eigenvalue weighted by Crippen LogP contribution is 2.25. The van der Waals surface area contributed by atoms with Gasteiger partial charge in [0.25, 0.3) is 0 Å². The molecule has 0 spiro atoms. The van der Waals surface area contributed by atoms with Crippen molar-refractivity contribution in [3.63, 3.8) is 0 Å². The van der Waals surface area contributed by atoms with E-state index in [9.17, 15) is 13.6 Å². The fourth-order valence-corrected chi connectivity index (χ4v) is 2.32. The molecular weight excluding hydrogens is 328 g/mol. The van der Waals surface area contributed by atoms with Crippen LogP contribution in [0.15, 0.2) is 40.9 Å². The molecule has 104 valence electrons. The van der Waals surface area contributed by atoms with E-state index in [-0.39, 0.29) is 10.0 Å². The topological polar surface area (TPSA) is 43.1 Å². The number of carbonyl (C=O) groups excluding carboxylic acids is 1. The summed E-state index contributed by atoms with van der Waals surface area (Å²) in [6.07, 6.45) is 0.471. The smallest absolute Gasteiger partial charge is 0.199 e. The van der Waals surface area contributed by atoms with Crippen LogP contribution in [-0.4, -0.2) is 12.3 Å². The molecule has 0 aliphatic rings. The molecule has 2 aromatic carbocycles. The molecular formula is C15H12BrF2NO. The lowest BCUT2D eigenvalue weighted by Crippen LogP contribution is -2.13. The summed E-state index contributed by atoms with van der Waals surface area (Å²) in [6.45, 7) is 0.355. The van der Waals surface area contributed by atoms with E-state index in [1.54, 1.807) is 24.3 Å². The maximum Gasteiger partial charge on any atom is 0.199 e. The van der Waals surface area contributed by atoms with Crippen molar-refractivity contribution in [3.05, 3.63) is 69.2 Å². The molecule has 0 aliphatic carbocycles. The van der Waals surface area contributed by atoms with Crippen LogP contribution in [0.3, 0.4) is 0 Å². The number of rotatable bonds is 4. The van der Waals surface area contributed by atoms with Gasteiger partial charge in [0.05, 0.1) is 10.0 Å². The molecule has 0 amide bonds. The zero-order valence-electron chi connectivity index (χ0n) is 10.5. The monoisotopic (exact) mass is 339 g/mol. The fraction of sp³-hybridized carbons (Fsp3) is 0.133. The highest BCUT2D eigenvalue weighted by molar-refractivity contribution is 9.10. The van der Waals surface area contributed by atoms with Crippen LogP contribution in [0, 0.1) is 11.6 Å². The van der Waals surface area contributed by atoms with Gasteiger partial charge in [-0.15, -0.1) is 0 Å². The van der Waals surface area contributed by atoms with Crippen LogP contribution in [0.25, 0.3) is 0 Å². The lowest BCUT2D eigenvalue weighted by molar-refractivity contribution is 0.103. The van der Waals surface area contributed by atoms with Crippen LogP contribution in [0.4, 0.5) is 8.78 Å². The minimum Gasteiger partial charge on any atom is -0.330 e. The van der Waals surface area contributed by atoms with Gasteiger partial charge in [-0.2, -0.15) is 0 Å². The first kappa shape index (κ1) is 14.8. The Morgan fingerprint density at radius 1 is 1.15 bits per heavy atom. The predicted molar refractivity (Wildman–Crippen MR) is 76.7 cm³/mol. The van der Waals surface area contributed by atoms with Crippen LogP contribution >= 0.6 is 15.9 Å². The molecule has 0 radical (unpaired) electrons. The Kier molecular flexibility index (Phi) is 4.62. The van der Waals surface area contributed by atoms with E-state index < -0.39 is 23.0 Å². The third-order valence-electron chi connectivity index (χ3n) is 2.95. The van der Waals surface area contributed by atoms with E-state index in [0.29, 0.717) is 18.5 Å². The van der Waals surface area contributed by atoms with Crippen molar-refractivity contribution < 1.29 is 13.6 Å². The van der Waals surface area contributed by atoms with Crippen LogP contribution in [0.2, 0.25) is 0 Å². The van der Waals surface area contributed by atoms with E-state index >= 15 is 0 Å². The minimum atomic E-state index is -0.891. The minimum absolute atomic E-state index is 0.0542. The van der Waals surface area contributed by atoms with Gasteiger partial charge in [-0.1, -0.05) is 24.3 Å². The summed E-state index contributed by atoms with van der Waals surface area (Å²) in [5, 5.41) is 0. The number of benzene rings is 2. The SMILES string of the molecule is NCCc1ccccc1C(=O)c1c(F)ccc(Br)c1F. The molecule has 5 heteroatoms. The standard InChI is InChI=1S/C15H12BrF2NO/c16-11-5-6-12(17)13(14(11)18)15(20)10-4-2-1-3-9(10)7-8-19/h1-6H,7-8,19H2. The first-order chi connectivity index (χ1) is 9.56. The molecule has 2 aromatic rings. The second-order valence-corrected chi connectivity index (χ2v) is 5.10. The summed E-state index contributed by atoms with van der Waals surface area (Å²) in [5.74, 6) is -2.44. The molecule has 20 heavy (non-hydrogen) atoms. The third kappa shape index (κ3) is 2.78. The summed E-state index contributed by atoms with van der Waals surface area (Å²) in [5.41, 5.74) is 5.88. The van der Waals surface area contributed by atoms with Crippen molar-refractivity contribution in [3.8, 4) is 0 Å². The lowest BCUT2D eigenvalue weighted by atomic mass is 9.96. The Morgan fingerprint density at radius 3 is 2.55 bits per heavy atom. The Bertz CT molecular complexity index is 658. The molecule has 2 nitrogen and oxygen atoms in total. The van der Waals surface area contributed by atoms with Gasteiger partial charge in [-0.25, -0.2) is 8.78 Å². The Hall–Kier alpha value is -1.59. The molecule has 2 N–H and O–H groups in total. The van der Waals surface area contributed by atoms with Crippen LogP contribution in [0.5, 0.6) is 0 Å². The first-order valence-electron chi connectivity index (χ1n) is 6.02. The molecule has 0 atom stereocenters. The highest BCUT2D eigenvalue weighted by Gasteiger charge is 2.22. The first-order valence-corrected chi connectivity index (χ1v) is 6.81. The van der Waals surface area contributed by atoms with Crippen LogP contribution < -0.4 is 5.73 Å². The molecule has 0 aromatic heterocycles. The average molecular weight is 340 g/mol. The maximum atomic E-state index is 14.0. The maximum absolute atomic E-state index is 14.0. The summed E-state index contributed by atoms with van der Waals surface area (Å²) in [6, 6.07) is 8.98. The second-order valence-electron chi connectivity index (χ2n) is 4.24. The summed E-state index contributed by atoms with van der Waals surface area (Å²) in [4.78, 5) is 12.4. The number of halogens is 3. The van der Waals surface area contributed by atoms with Gasteiger partial charge in [0.15, 0.2) is 11.6 Å². The van der Waals surface area contributed by atoms with Gasteiger partial charge < -0.3 is 5.73 Å². The van der Waals surface area contributed by atoms with Crippen molar-refractivity contribution >= 4 is 21.7 Å². The average Bonchev–Trinajstić information content (AvgIpc) is 2.44. The number of ketones is 1. The zero-order valence-corrected chi connectivity index (χ0v) is 12.1. The van der Waals surface area contributed by atoms with E-state index in [2.05, 4.69) is 15.9 Å².